The Balaban J connectivity index is 2.18. The minimum absolute atomic E-state index is 0.661. The summed E-state index contributed by atoms with van der Waals surface area (Å²) in [6.45, 7) is 0.661. The van der Waals surface area contributed by atoms with Crippen LogP contribution < -0.4 is 5.73 Å². The number of hydrogen-bond acceptors (Lipinski definition) is 3. The van der Waals surface area contributed by atoms with Gasteiger partial charge in [0.25, 0.3) is 0 Å². The quantitative estimate of drug-likeness (QED) is 0.937. The zero-order valence-corrected chi connectivity index (χ0v) is 10.4. The first-order chi connectivity index (χ1) is 7.79. The van der Waals surface area contributed by atoms with Gasteiger partial charge in [0, 0.05) is 16.5 Å². The Morgan fingerprint density at radius 2 is 2.25 bits per heavy atom. The van der Waals surface area contributed by atoms with Gasteiger partial charge in [0.1, 0.15) is 0 Å². The van der Waals surface area contributed by atoms with E-state index in [-0.39, 0.29) is 0 Å². The number of halogens is 1. The molecule has 0 amide bonds. The Labute approximate surface area is 103 Å². The molecule has 0 aliphatic rings. The molecule has 0 saturated carbocycles. The fraction of sp³-hybridized carbons (Fsp3) is 0.250. The van der Waals surface area contributed by atoms with Crippen LogP contribution in [0, 0.1) is 0 Å². The fourth-order valence-corrected chi connectivity index (χ4v) is 1.85. The third-order valence-electron chi connectivity index (χ3n) is 2.26. The SMILES string of the molecule is NCCCc1ncc(-c2cccc(Br)c2)o1. The Hall–Kier alpha value is -1.13. The largest absolute Gasteiger partial charge is 0.441 e. The number of oxazole rings is 1. The van der Waals surface area contributed by atoms with E-state index < -0.39 is 0 Å². The molecule has 0 aliphatic carbocycles. The van der Waals surface area contributed by atoms with E-state index >= 15 is 0 Å². The van der Waals surface area contributed by atoms with Crippen LogP contribution in [-0.2, 0) is 6.42 Å². The summed E-state index contributed by atoms with van der Waals surface area (Å²) >= 11 is 3.43. The smallest absolute Gasteiger partial charge is 0.194 e. The highest BCUT2D eigenvalue weighted by Crippen LogP contribution is 2.23. The van der Waals surface area contributed by atoms with Gasteiger partial charge in [0.2, 0.25) is 0 Å². The van der Waals surface area contributed by atoms with Crippen molar-refractivity contribution in [3.8, 4) is 11.3 Å². The Bertz CT molecular complexity index is 468. The van der Waals surface area contributed by atoms with Gasteiger partial charge in [-0.05, 0) is 25.1 Å². The van der Waals surface area contributed by atoms with Gasteiger partial charge < -0.3 is 10.2 Å². The normalized spacial score (nSPS) is 10.6. The molecule has 0 fully saturated rings. The van der Waals surface area contributed by atoms with Crippen LogP contribution in [0.1, 0.15) is 12.3 Å². The van der Waals surface area contributed by atoms with Crippen LogP contribution in [0.15, 0.2) is 39.4 Å². The number of rotatable bonds is 4. The van der Waals surface area contributed by atoms with Crippen LogP contribution in [0.25, 0.3) is 11.3 Å². The summed E-state index contributed by atoms with van der Waals surface area (Å²) in [5.41, 5.74) is 6.47. The monoisotopic (exact) mass is 280 g/mol. The van der Waals surface area contributed by atoms with E-state index in [1.54, 1.807) is 6.20 Å². The summed E-state index contributed by atoms with van der Waals surface area (Å²) in [7, 11) is 0. The zero-order valence-electron chi connectivity index (χ0n) is 8.82. The summed E-state index contributed by atoms with van der Waals surface area (Å²) in [5, 5.41) is 0. The van der Waals surface area contributed by atoms with Crippen LogP contribution in [0.5, 0.6) is 0 Å². The molecule has 0 aliphatic heterocycles. The minimum Gasteiger partial charge on any atom is -0.441 e. The second-order valence-corrected chi connectivity index (χ2v) is 4.44. The second kappa shape index (κ2) is 5.27. The summed E-state index contributed by atoms with van der Waals surface area (Å²) in [5.74, 6) is 1.55. The Kier molecular flexibility index (Phi) is 3.74. The average molecular weight is 281 g/mol. The van der Waals surface area contributed by atoms with E-state index in [1.807, 2.05) is 24.3 Å². The lowest BCUT2D eigenvalue weighted by Gasteiger charge is -1.96. The van der Waals surface area contributed by atoms with Crippen LogP contribution in [0.3, 0.4) is 0 Å². The van der Waals surface area contributed by atoms with Gasteiger partial charge in [-0.2, -0.15) is 0 Å². The molecule has 1 heterocycles. The number of benzene rings is 1. The molecule has 2 aromatic rings. The molecule has 0 unspecified atom stereocenters. The molecule has 2 rings (SSSR count). The van der Waals surface area contributed by atoms with Gasteiger partial charge in [-0.15, -0.1) is 0 Å². The molecule has 2 N–H and O–H groups in total. The fourth-order valence-electron chi connectivity index (χ4n) is 1.45. The lowest BCUT2D eigenvalue weighted by Crippen LogP contribution is -2.00. The second-order valence-electron chi connectivity index (χ2n) is 3.52. The van der Waals surface area contributed by atoms with Gasteiger partial charge in [-0.1, -0.05) is 28.1 Å². The summed E-state index contributed by atoms with van der Waals surface area (Å²) in [6.07, 6.45) is 3.45. The van der Waals surface area contributed by atoms with E-state index in [0.717, 1.165) is 34.5 Å². The maximum absolute atomic E-state index is 5.64. The molecule has 0 radical (unpaired) electrons. The highest BCUT2D eigenvalue weighted by Gasteiger charge is 2.05. The van der Waals surface area contributed by atoms with Gasteiger partial charge in [-0.25, -0.2) is 4.98 Å². The van der Waals surface area contributed by atoms with Crippen molar-refractivity contribution in [1.82, 2.24) is 4.98 Å². The first-order valence-corrected chi connectivity index (χ1v) is 5.99. The first-order valence-electron chi connectivity index (χ1n) is 5.20. The molecule has 16 heavy (non-hydrogen) atoms. The molecular formula is C12H13BrN2O. The molecule has 3 nitrogen and oxygen atoms in total. The van der Waals surface area contributed by atoms with Crippen LogP contribution in [-0.4, -0.2) is 11.5 Å². The lowest BCUT2D eigenvalue weighted by atomic mass is 10.2. The third kappa shape index (κ3) is 2.71. The molecule has 0 spiro atoms. The van der Waals surface area contributed by atoms with E-state index in [0.29, 0.717) is 6.54 Å². The van der Waals surface area contributed by atoms with Crippen molar-refractivity contribution in [1.29, 1.82) is 0 Å². The molecule has 84 valence electrons. The van der Waals surface area contributed by atoms with Gasteiger partial charge in [0.15, 0.2) is 11.7 Å². The van der Waals surface area contributed by atoms with Crippen molar-refractivity contribution < 1.29 is 4.42 Å². The van der Waals surface area contributed by atoms with Crippen molar-refractivity contribution in [2.45, 2.75) is 12.8 Å². The zero-order chi connectivity index (χ0) is 11.4. The number of hydrogen-bond donors (Lipinski definition) is 1. The third-order valence-corrected chi connectivity index (χ3v) is 2.75. The number of aryl methyl sites for hydroxylation is 1. The summed E-state index contributed by atoms with van der Waals surface area (Å²) in [4.78, 5) is 4.22. The van der Waals surface area contributed by atoms with Crippen molar-refractivity contribution in [2.24, 2.45) is 5.73 Å². The van der Waals surface area contributed by atoms with E-state index in [4.69, 9.17) is 10.2 Å². The average Bonchev–Trinajstić information content (AvgIpc) is 2.75. The molecule has 4 heteroatoms. The highest BCUT2D eigenvalue weighted by atomic mass is 79.9. The molecule has 0 atom stereocenters. The van der Waals surface area contributed by atoms with Crippen LogP contribution >= 0.6 is 15.9 Å². The van der Waals surface area contributed by atoms with Gasteiger partial charge in [0.05, 0.1) is 6.20 Å². The Morgan fingerprint density at radius 1 is 1.38 bits per heavy atom. The van der Waals surface area contributed by atoms with Crippen molar-refractivity contribution in [2.75, 3.05) is 6.54 Å². The Morgan fingerprint density at radius 3 is 3.00 bits per heavy atom. The number of aromatic nitrogens is 1. The van der Waals surface area contributed by atoms with Gasteiger partial charge in [-0.3, -0.25) is 0 Å². The van der Waals surface area contributed by atoms with Crippen molar-refractivity contribution in [3.05, 3.63) is 40.8 Å². The molecule has 0 bridgehead atoms. The molecule has 1 aromatic heterocycles. The van der Waals surface area contributed by atoms with E-state index in [2.05, 4.69) is 20.9 Å². The molecular weight excluding hydrogens is 268 g/mol. The van der Waals surface area contributed by atoms with Crippen molar-refractivity contribution >= 4 is 15.9 Å². The molecule has 0 saturated heterocycles. The topological polar surface area (TPSA) is 52.0 Å². The minimum atomic E-state index is 0.661. The first kappa shape index (κ1) is 11.4. The highest BCUT2D eigenvalue weighted by molar-refractivity contribution is 9.10. The maximum Gasteiger partial charge on any atom is 0.194 e. The number of nitrogens with two attached hydrogens (primary N) is 1. The van der Waals surface area contributed by atoms with Crippen molar-refractivity contribution in [3.63, 3.8) is 0 Å². The van der Waals surface area contributed by atoms with E-state index in [9.17, 15) is 0 Å². The van der Waals surface area contributed by atoms with Crippen LogP contribution in [0.4, 0.5) is 0 Å². The lowest BCUT2D eigenvalue weighted by molar-refractivity contribution is 0.499. The summed E-state index contributed by atoms with van der Waals surface area (Å²) < 4.78 is 6.67. The van der Waals surface area contributed by atoms with Gasteiger partial charge >= 0.3 is 0 Å². The standard InChI is InChI=1S/C12H13BrN2O/c13-10-4-1-3-9(7-10)11-8-15-12(16-11)5-2-6-14/h1,3-4,7-8H,2,5-6,14H2. The predicted octanol–water partition coefficient (Wildman–Crippen LogP) is 3.00. The van der Waals surface area contributed by atoms with Crippen LogP contribution in [0.2, 0.25) is 0 Å². The predicted molar refractivity (Wildman–Crippen MR) is 67.0 cm³/mol. The maximum atomic E-state index is 5.64. The summed E-state index contributed by atoms with van der Waals surface area (Å²) in [6, 6.07) is 7.96. The van der Waals surface area contributed by atoms with E-state index in [1.165, 1.54) is 0 Å². The molecule has 1 aromatic carbocycles. The number of nitrogens with zero attached hydrogens (tertiary/aromatic N) is 1.